The first-order valence-electron chi connectivity index (χ1n) is 14.5. The van der Waals surface area contributed by atoms with Gasteiger partial charge >= 0.3 is 5.69 Å². The van der Waals surface area contributed by atoms with Gasteiger partial charge in [0.15, 0.2) is 0 Å². The van der Waals surface area contributed by atoms with E-state index in [9.17, 15) is 14.0 Å². The Morgan fingerprint density at radius 1 is 1.02 bits per heavy atom. The van der Waals surface area contributed by atoms with Crippen molar-refractivity contribution in [3.05, 3.63) is 86.6 Å². The van der Waals surface area contributed by atoms with Gasteiger partial charge in [0.1, 0.15) is 11.6 Å². The second kappa shape index (κ2) is 11.5. The molecule has 0 amide bonds. The molecule has 0 spiro atoms. The Bertz CT molecular complexity index is 1640. The van der Waals surface area contributed by atoms with Crippen LogP contribution < -0.4 is 16.0 Å². The monoisotopic (exact) mass is 544 g/mol. The number of methoxy groups -OCH3 is 1. The van der Waals surface area contributed by atoms with E-state index >= 15 is 0 Å². The van der Waals surface area contributed by atoms with Gasteiger partial charge in [-0.15, -0.1) is 0 Å². The summed E-state index contributed by atoms with van der Waals surface area (Å²) in [6, 6.07) is 12.5. The van der Waals surface area contributed by atoms with Crippen molar-refractivity contribution in [2.24, 2.45) is 0 Å². The van der Waals surface area contributed by atoms with E-state index in [1.807, 2.05) is 35.0 Å². The van der Waals surface area contributed by atoms with E-state index in [1.54, 1.807) is 19.2 Å². The number of benzene rings is 2. The molecule has 1 saturated heterocycles. The number of nitrogens with one attached hydrogen (secondary N) is 1. The molecule has 2 aliphatic heterocycles. The van der Waals surface area contributed by atoms with Gasteiger partial charge in [0.05, 0.1) is 12.7 Å². The number of fused-ring (bicyclic) bond motifs is 2. The van der Waals surface area contributed by atoms with Crippen molar-refractivity contribution in [3.63, 3.8) is 0 Å². The maximum absolute atomic E-state index is 13.9. The van der Waals surface area contributed by atoms with E-state index in [2.05, 4.69) is 9.88 Å². The summed E-state index contributed by atoms with van der Waals surface area (Å²) in [7, 11) is 1.61. The highest BCUT2D eigenvalue weighted by molar-refractivity contribution is 5.83. The van der Waals surface area contributed by atoms with Crippen LogP contribution in [0.5, 0.6) is 5.75 Å². The molecule has 1 N–H and O–H groups in total. The molecule has 4 aromatic rings. The summed E-state index contributed by atoms with van der Waals surface area (Å²) in [5.41, 5.74) is 3.95. The molecule has 2 aromatic carbocycles. The Hall–Kier alpha value is -3.65. The molecule has 0 radical (unpaired) electrons. The Kier molecular flexibility index (Phi) is 7.61. The minimum atomic E-state index is -0.216. The Morgan fingerprint density at radius 2 is 1.88 bits per heavy atom. The number of nitrogens with zero attached hydrogens (tertiary/aromatic N) is 3. The van der Waals surface area contributed by atoms with Crippen molar-refractivity contribution >= 4 is 10.9 Å². The molecule has 1 fully saturated rings. The van der Waals surface area contributed by atoms with E-state index in [4.69, 9.17) is 4.74 Å². The zero-order valence-corrected chi connectivity index (χ0v) is 23.1. The van der Waals surface area contributed by atoms with Crippen LogP contribution in [-0.4, -0.2) is 45.8 Å². The Morgan fingerprint density at radius 3 is 2.75 bits per heavy atom. The number of para-hydroxylation sites is 1. The van der Waals surface area contributed by atoms with E-state index < -0.39 is 0 Å². The van der Waals surface area contributed by atoms with Gasteiger partial charge < -0.3 is 14.6 Å². The molecule has 0 aliphatic carbocycles. The zero-order valence-electron chi connectivity index (χ0n) is 23.1. The van der Waals surface area contributed by atoms with Crippen molar-refractivity contribution in [3.8, 4) is 16.9 Å². The Labute approximate surface area is 233 Å². The van der Waals surface area contributed by atoms with Crippen molar-refractivity contribution < 1.29 is 9.13 Å². The standard InChI is InChI=1S/C32H37FN4O3/c1-40-29-12-3-2-10-24(29)30-28-11-4-5-17-36(28)32(39)37(31(30)38)18-7-6-15-35-16-8-9-22(21-35)26-20-34-27-14-13-23(33)19-25(26)27/h2-3,10,12-14,19-20,22,34H,4-9,11,15-18,21H2,1H3. The lowest BCUT2D eigenvalue weighted by atomic mass is 9.90. The number of aromatic amines is 1. The number of rotatable bonds is 8. The topological polar surface area (TPSA) is 72.3 Å². The first-order chi connectivity index (χ1) is 19.5. The third-order valence-electron chi connectivity index (χ3n) is 8.68. The second-order valence-electron chi connectivity index (χ2n) is 11.2. The fourth-order valence-electron chi connectivity index (χ4n) is 6.68. The average Bonchev–Trinajstić information content (AvgIpc) is 3.40. The van der Waals surface area contributed by atoms with E-state index in [1.165, 1.54) is 16.2 Å². The molecule has 40 heavy (non-hydrogen) atoms. The lowest BCUT2D eigenvalue weighted by molar-refractivity contribution is 0.204. The van der Waals surface area contributed by atoms with Crippen LogP contribution in [0.1, 0.15) is 55.7 Å². The lowest BCUT2D eigenvalue weighted by Crippen LogP contribution is -2.44. The molecular weight excluding hydrogens is 507 g/mol. The van der Waals surface area contributed by atoms with E-state index in [0.29, 0.717) is 30.3 Å². The highest BCUT2D eigenvalue weighted by Crippen LogP contribution is 2.33. The summed E-state index contributed by atoms with van der Waals surface area (Å²) in [5, 5.41) is 0.977. The predicted octanol–water partition coefficient (Wildman–Crippen LogP) is 5.30. The molecular formula is C32H37FN4O3. The summed E-state index contributed by atoms with van der Waals surface area (Å²) in [4.78, 5) is 33.0. The minimum absolute atomic E-state index is 0.192. The third kappa shape index (κ3) is 5.01. The highest BCUT2D eigenvalue weighted by atomic mass is 19.1. The molecule has 2 aromatic heterocycles. The molecule has 4 heterocycles. The molecule has 0 saturated carbocycles. The van der Waals surface area contributed by atoms with Crippen molar-refractivity contribution in [2.75, 3.05) is 26.7 Å². The van der Waals surface area contributed by atoms with Gasteiger partial charge in [0.2, 0.25) is 0 Å². The molecule has 2 aliphatic rings. The van der Waals surface area contributed by atoms with Crippen molar-refractivity contribution in [2.45, 2.75) is 64.0 Å². The molecule has 1 atom stereocenters. The average molecular weight is 545 g/mol. The third-order valence-corrected chi connectivity index (χ3v) is 8.68. The number of halogens is 1. The van der Waals surface area contributed by atoms with Gasteiger partial charge in [0, 0.05) is 48.0 Å². The number of hydrogen-bond acceptors (Lipinski definition) is 4. The van der Waals surface area contributed by atoms with Crippen LogP contribution in [0, 0.1) is 5.82 Å². The zero-order chi connectivity index (χ0) is 27.6. The molecule has 6 rings (SSSR count). The molecule has 0 bridgehead atoms. The molecule has 8 heteroatoms. The van der Waals surface area contributed by atoms with Crippen LogP contribution in [0.3, 0.4) is 0 Å². The van der Waals surface area contributed by atoms with E-state index in [-0.39, 0.29) is 17.1 Å². The SMILES string of the molecule is COc1ccccc1-c1c2n(c(=O)n(CCCCN3CCCC(c4c[nH]c5ccc(F)cc45)C3)c1=O)CCCC2. The number of unbranched alkanes of at least 4 members (excludes halogenated alkanes) is 1. The van der Waals surface area contributed by atoms with Gasteiger partial charge in [-0.1, -0.05) is 18.2 Å². The highest BCUT2D eigenvalue weighted by Gasteiger charge is 2.25. The maximum atomic E-state index is 13.9. The van der Waals surface area contributed by atoms with Gasteiger partial charge in [0.25, 0.3) is 5.56 Å². The van der Waals surface area contributed by atoms with Crippen molar-refractivity contribution in [1.82, 2.24) is 19.0 Å². The predicted molar refractivity (Wildman–Crippen MR) is 156 cm³/mol. The summed E-state index contributed by atoms with van der Waals surface area (Å²) in [6.07, 6.45) is 8.50. The number of aromatic nitrogens is 3. The van der Waals surface area contributed by atoms with Crippen LogP contribution in [0.2, 0.25) is 0 Å². The first kappa shape index (κ1) is 26.6. The smallest absolute Gasteiger partial charge is 0.331 e. The molecule has 1 unspecified atom stereocenters. The number of piperidine rings is 1. The number of likely N-dealkylation sites (tertiary alicyclic amines) is 1. The van der Waals surface area contributed by atoms with Gasteiger partial charge in [-0.2, -0.15) is 0 Å². The maximum Gasteiger partial charge on any atom is 0.331 e. The Balaban J connectivity index is 1.17. The summed E-state index contributed by atoms with van der Waals surface area (Å²) in [6.45, 7) is 3.92. The quantitative estimate of drug-likeness (QED) is 0.306. The van der Waals surface area contributed by atoms with Crippen LogP contribution >= 0.6 is 0 Å². The fraction of sp³-hybridized carbons (Fsp3) is 0.438. The van der Waals surface area contributed by atoms with Crippen LogP contribution in [0.4, 0.5) is 4.39 Å². The lowest BCUT2D eigenvalue weighted by Gasteiger charge is -2.32. The number of ether oxygens (including phenoxy) is 1. The van der Waals surface area contributed by atoms with Gasteiger partial charge in [-0.25, -0.2) is 9.18 Å². The first-order valence-corrected chi connectivity index (χ1v) is 14.5. The number of H-pyrrole nitrogens is 1. The van der Waals surface area contributed by atoms with E-state index in [0.717, 1.165) is 86.7 Å². The summed E-state index contributed by atoms with van der Waals surface area (Å²) < 4.78 is 22.8. The largest absolute Gasteiger partial charge is 0.496 e. The van der Waals surface area contributed by atoms with Crippen LogP contribution in [-0.2, 0) is 19.5 Å². The molecule has 7 nitrogen and oxygen atoms in total. The van der Waals surface area contributed by atoms with Crippen molar-refractivity contribution in [1.29, 1.82) is 0 Å². The second-order valence-corrected chi connectivity index (χ2v) is 11.2. The summed E-state index contributed by atoms with van der Waals surface area (Å²) >= 11 is 0. The summed E-state index contributed by atoms with van der Waals surface area (Å²) in [5.74, 6) is 0.805. The number of hydrogen-bond donors (Lipinski definition) is 1. The minimum Gasteiger partial charge on any atom is -0.496 e. The fourth-order valence-corrected chi connectivity index (χ4v) is 6.68. The van der Waals surface area contributed by atoms with Gasteiger partial charge in [-0.05, 0) is 93.8 Å². The van der Waals surface area contributed by atoms with Crippen LogP contribution in [0.25, 0.3) is 22.0 Å². The normalized spacial score (nSPS) is 17.7. The molecule has 210 valence electrons. The van der Waals surface area contributed by atoms with Crippen LogP contribution in [0.15, 0.2) is 58.3 Å². The van der Waals surface area contributed by atoms with Gasteiger partial charge in [-0.3, -0.25) is 13.9 Å².